The molecule has 6 nitrogen and oxygen atoms in total. The number of hydrogen-bond acceptors (Lipinski definition) is 5. The Morgan fingerprint density at radius 3 is 2.56 bits per heavy atom. The Bertz CT molecular complexity index is 840. The molecule has 0 radical (unpaired) electrons. The third kappa shape index (κ3) is 4.32. The number of hydroxylamine groups is 1. The van der Waals surface area contributed by atoms with E-state index in [1.807, 2.05) is 11.0 Å². The molecular formula is C18H18F3N3O3. The molecule has 1 amide bonds. The molecule has 0 saturated heterocycles. The Labute approximate surface area is 153 Å². The van der Waals surface area contributed by atoms with Crippen molar-refractivity contribution < 1.29 is 27.9 Å². The van der Waals surface area contributed by atoms with Crippen LogP contribution in [0.5, 0.6) is 5.75 Å². The molecule has 0 unspecified atom stereocenters. The van der Waals surface area contributed by atoms with Crippen molar-refractivity contribution >= 4 is 17.3 Å². The molecule has 9 heteroatoms. The van der Waals surface area contributed by atoms with Crippen molar-refractivity contribution in [1.82, 2.24) is 0 Å². The first-order valence-corrected chi connectivity index (χ1v) is 8.11. The van der Waals surface area contributed by atoms with E-state index < -0.39 is 18.3 Å². The largest absolute Gasteiger partial charge is 0.573 e. The van der Waals surface area contributed by atoms with Gasteiger partial charge in [-0.15, -0.1) is 13.2 Å². The van der Waals surface area contributed by atoms with Gasteiger partial charge in [0.05, 0.1) is 11.7 Å². The number of fused-ring (bicyclic) bond motifs is 1. The Morgan fingerprint density at radius 1 is 1.26 bits per heavy atom. The number of nitrogens with two attached hydrogens (primary N) is 1. The van der Waals surface area contributed by atoms with E-state index in [1.165, 1.54) is 24.3 Å². The maximum Gasteiger partial charge on any atom is 0.573 e. The summed E-state index contributed by atoms with van der Waals surface area (Å²) in [4.78, 5) is 13.6. The van der Waals surface area contributed by atoms with Gasteiger partial charge >= 0.3 is 6.36 Å². The van der Waals surface area contributed by atoms with Crippen LogP contribution in [0, 0.1) is 0 Å². The van der Waals surface area contributed by atoms with Crippen LogP contribution >= 0.6 is 0 Å². The molecule has 1 atom stereocenters. The SMILES string of the molecule is CN(Cc1ccc2c(c1)C[C@H](N)C(=O)N2O)c1ccc(OC(F)(F)F)cc1. The molecule has 0 saturated carbocycles. The van der Waals surface area contributed by atoms with E-state index in [0.29, 0.717) is 29.4 Å². The Hall–Kier alpha value is -2.78. The van der Waals surface area contributed by atoms with Crippen molar-refractivity contribution in [3.05, 3.63) is 53.6 Å². The van der Waals surface area contributed by atoms with E-state index in [1.54, 1.807) is 19.2 Å². The average molecular weight is 381 g/mol. The summed E-state index contributed by atoms with van der Waals surface area (Å²) < 4.78 is 40.5. The number of halogens is 3. The lowest BCUT2D eigenvalue weighted by Gasteiger charge is -2.28. The fourth-order valence-electron chi connectivity index (χ4n) is 2.97. The first-order chi connectivity index (χ1) is 12.6. The normalized spacial score (nSPS) is 16.9. The van der Waals surface area contributed by atoms with Crippen molar-refractivity contribution in [2.24, 2.45) is 5.73 Å². The number of alkyl halides is 3. The van der Waals surface area contributed by atoms with Gasteiger partial charge in [-0.25, -0.2) is 0 Å². The van der Waals surface area contributed by atoms with Gasteiger partial charge in [-0.05, 0) is 47.9 Å². The molecule has 0 aromatic heterocycles. The fourth-order valence-corrected chi connectivity index (χ4v) is 2.97. The van der Waals surface area contributed by atoms with Crippen molar-refractivity contribution in [2.45, 2.75) is 25.4 Å². The number of rotatable bonds is 4. The lowest BCUT2D eigenvalue weighted by molar-refractivity contribution is -0.274. The van der Waals surface area contributed by atoms with E-state index in [2.05, 4.69) is 4.74 Å². The van der Waals surface area contributed by atoms with Gasteiger partial charge in [0.1, 0.15) is 5.75 Å². The maximum absolute atomic E-state index is 12.2. The van der Waals surface area contributed by atoms with Gasteiger partial charge in [0.15, 0.2) is 0 Å². The topological polar surface area (TPSA) is 79.0 Å². The number of nitrogens with zero attached hydrogens (tertiary/aromatic N) is 2. The Balaban J connectivity index is 1.72. The van der Waals surface area contributed by atoms with E-state index in [-0.39, 0.29) is 5.75 Å². The van der Waals surface area contributed by atoms with Crippen LogP contribution in [0.2, 0.25) is 0 Å². The van der Waals surface area contributed by atoms with Gasteiger partial charge in [-0.3, -0.25) is 10.0 Å². The number of carbonyl (C=O) groups excluding carboxylic acids is 1. The second kappa shape index (κ2) is 7.09. The Morgan fingerprint density at radius 2 is 1.93 bits per heavy atom. The summed E-state index contributed by atoms with van der Waals surface area (Å²) in [6, 6.07) is 10.0. The zero-order valence-corrected chi connectivity index (χ0v) is 14.4. The minimum absolute atomic E-state index is 0.282. The number of anilines is 2. The second-order valence-corrected chi connectivity index (χ2v) is 6.32. The first-order valence-electron chi connectivity index (χ1n) is 8.11. The minimum atomic E-state index is -4.72. The van der Waals surface area contributed by atoms with E-state index in [9.17, 15) is 23.2 Å². The van der Waals surface area contributed by atoms with E-state index in [0.717, 1.165) is 11.1 Å². The highest BCUT2D eigenvalue weighted by Crippen LogP contribution is 2.29. The molecule has 1 aliphatic heterocycles. The number of amides is 1. The third-order valence-electron chi connectivity index (χ3n) is 4.27. The number of ether oxygens (including phenoxy) is 1. The highest BCUT2D eigenvalue weighted by atomic mass is 19.4. The van der Waals surface area contributed by atoms with E-state index >= 15 is 0 Å². The van der Waals surface area contributed by atoms with Crippen LogP contribution in [0.4, 0.5) is 24.5 Å². The molecule has 144 valence electrons. The predicted molar refractivity (Wildman–Crippen MR) is 92.6 cm³/mol. The summed E-state index contributed by atoms with van der Waals surface area (Å²) in [6.45, 7) is 0.474. The van der Waals surface area contributed by atoms with Crippen LogP contribution in [0.15, 0.2) is 42.5 Å². The molecule has 27 heavy (non-hydrogen) atoms. The van der Waals surface area contributed by atoms with Crippen molar-refractivity contribution in [3.8, 4) is 5.75 Å². The Kier molecular flexibility index (Phi) is 4.99. The maximum atomic E-state index is 12.2. The average Bonchev–Trinajstić information content (AvgIpc) is 2.59. The number of hydrogen-bond donors (Lipinski definition) is 2. The summed E-state index contributed by atoms with van der Waals surface area (Å²) >= 11 is 0. The van der Waals surface area contributed by atoms with Crippen LogP contribution in [0.1, 0.15) is 11.1 Å². The second-order valence-electron chi connectivity index (χ2n) is 6.32. The fraction of sp³-hybridized carbons (Fsp3) is 0.278. The lowest BCUT2D eigenvalue weighted by atomic mass is 9.97. The molecular weight excluding hydrogens is 363 g/mol. The van der Waals surface area contributed by atoms with Crippen LogP contribution in [-0.2, 0) is 17.8 Å². The molecule has 3 N–H and O–H groups in total. The lowest BCUT2D eigenvalue weighted by Crippen LogP contribution is -2.47. The van der Waals surface area contributed by atoms with E-state index in [4.69, 9.17) is 5.73 Å². The summed E-state index contributed by atoms with van der Waals surface area (Å²) in [7, 11) is 1.80. The zero-order chi connectivity index (χ0) is 19.8. The predicted octanol–water partition coefficient (Wildman–Crippen LogP) is 2.83. The quantitative estimate of drug-likeness (QED) is 0.797. The summed E-state index contributed by atoms with van der Waals surface area (Å²) in [5, 5.41) is 10.4. The first kappa shape index (κ1) is 19.0. The van der Waals surface area contributed by atoms with Crippen LogP contribution in [-0.4, -0.2) is 30.6 Å². The summed E-state index contributed by atoms with van der Waals surface area (Å²) in [6.07, 6.45) is -4.40. The molecule has 0 bridgehead atoms. The minimum Gasteiger partial charge on any atom is -0.406 e. The molecule has 3 rings (SSSR count). The van der Waals surface area contributed by atoms with Gasteiger partial charge in [-0.2, -0.15) is 5.06 Å². The molecule has 2 aromatic rings. The van der Waals surface area contributed by atoms with Gasteiger partial charge in [0, 0.05) is 19.3 Å². The molecule has 1 aliphatic rings. The smallest absolute Gasteiger partial charge is 0.406 e. The van der Waals surface area contributed by atoms with Crippen molar-refractivity contribution in [3.63, 3.8) is 0 Å². The number of benzene rings is 2. The van der Waals surface area contributed by atoms with Gasteiger partial charge in [-0.1, -0.05) is 12.1 Å². The van der Waals surface area contributed by atoms with Crippen LogP contribution < -0.4 is 20.4 Å². The molecule has 0 spiro atoms. The highest BCUT2D eigenvalue weighted by molar-refractivity contribution is 5.98. The monoisotopic (exact) mass is 381 g/mol. The van der Waals surface area contributed by atoms with Crippen molar-refractivity contribution in [1.29, 1.82) is 0 Å². The van der Waals surface area contributed by atoms with Gasteiger partial charge in [0.2, 0.25) is 0 Å². The molecule has 2 aromatic carbocycles. The molecule has 0 aliphatic carbocycles. The third-order valence-corrected chi connectivity index (χ3v) is 4.27. The number of carbonyl (C=O) groups is 1. The highest BCUT2D eigenvalue weighted by Gasteiger charge is 2.31. The van der Waals surface area contributed by atoms with Crippen LogP contribution in [0.25, 0.3) is 0 Å². The summed E-state index contributed by atoms with van der Waals surface area (Å²) in [5.74, 6) is -0.830. The zero-order valence-electron chi connectivity index (χ0n) is 14.4. The van der Waals surface area contributed by atoms with Crippen LogP contribution in [0.3, 0.4) is 0 Å². The summed E-state index contributed by atoms with van der Waals surface area (Å²) in [5.41, 5.74) is 8.50. The van der Waals surface area contributed by atoms with Gasteiger partial charge < -0.3 is 15.4 Å². The van der Waals surface area contributed by atoms with Crippen molar-refractivity contribution in [2.75, 3.05) is 17.0 Å². The molecule has 0 fully saturated rings. The molecule has 1 heterocycles. The van der Waals surface area contributed by atoms with Gasteiger partial charge in [0.25, 0.3) is 5.91 Å². The standard InChI is InChI=1S/C18H18F3N3O3/c1-23(13-3-5-14(6-4-13)27-18(19,20)21)10-11-2-7-16-12(8-11)9-15(22)17(25)24(16)26/h2-8,15,26H,9-10,22H2,1H3/t15-/m0/s1.